The van der Waals surface area contributed by atoms with Crippen molar-refractivity contribution in [1.82, 2.24) is 9.96 Å². The number of hydrogen-bond acceptors (Lipinski definition) is 6. The second-order valence-electron chi connectivity index (χ2n) is 4.94. The van der Waals surface area contributed by atoms with Gasteiger partial charge in [0.15, 0.2) is 0 Å². The van der Waals surface area contributed by atoms with Gasteiger partial charge in [0.05, 0.1) is 12.6 Å². The molecule has 21 heavy (non-hydrogen) atoms. The SMILES string of the molecule is CC(C)C1=C[C@H]2CN(C(=O)N2OS(=O)(=O)[O-])[C@@H]1C(N)=O.[Na+]. The van der Waals surface area contributed by atoms with Crippen LogP contribution in [-0.2, 0) is 19.5 Å². The van der Waals surface area contributed by atoms with E-state index in [1.165, 1.54) is 0 Å². The van der Waals surface area contributed by atoms with Crippen LogP contribution < -0.4 is 35.3 Å². The molecule has 0 radical (unpaired) electrons. The van der Waals surface area contributed by atoms with Crippen LogP contribution in [0.1, 0.15) is 13.8 Å². The summed E-state index contributed by atoms with van der Waals surface area (Å²) in [6.07, 6.45) is 1.55. The fraction of sp³-hybridized carbons (Fsp3) is 0.600. The minimum atomic E-state index is -5.07. The molecule has 2 aliphatic rings. The third kappa shape index (κ3) is 3.58. The largest absolute Gasteiger partial charge is 1.00 e. The number of urea groups is 1. The van der Waals surface area contributed by atoms with Crippen LogP contribution in [0.5, 0.6) is 0 Å². The summed E-state index contributed by atoms with van der Waals surface area (Å²) in [4.78, 5) is 24.7. The van der Waals surface area contributed by atoms with Gasteiger partial charge < -0.3 is 15.2 Å². The van der Waals surface area contributed by atoms with Gasteiger partial charge in [-0.15, -0.1) is 0 Å². The van der Waals surface area contributed by atoms with Gasteiger partial charge in [-0.3, -0.25) is 4.79 Å². The molecule has 1 saturated heterocycles. The number of hydrogen-bond donors (Lipinski definition) is 1. The van der Waals surface area contributed by atoms with Crippen LogP contribution in [-0.4, -0.2) is 53.5 Å². The smallest absolute Gasteiger partial charge is 0.724 e. The Morgan fingerprint density at radius 2 is 2.10 bits per heavy atom. The van der Waals surface area contributed by atoms with E-state index < -0.39 is 34.4 Å². The van der Waals surface area contributed by atoms with Crippen LogP contribution in [0.4, 0.5) is 4.79 Å². The number of rotatable bonds is 4. The first-order chi connectivity index (χ1) is 9.11. The first kappa shape index (κ1) is 18.4. The number of nitrogens with zero attached hydrogens (tertiary/aromatic N) is 2. The predicted molar refractivity (Wildman–Crippen MR) is 64.4 cm³/mol. The summed E-state index contributed by atoms with van der Waals surface area (Å²) in [5.41, 5.74) is 5.90. The molecule has 2 N–H and O–H groups in total. The van der Waals surface area contributed by atoms with Crippen molar-refractivity contribution in [1.29, 1.82) is 0 Å². The number of nitrogens with two attached hydrogens (primary N) is 1. The molecule has 0 unspecified atom stereocenters. The Bertz CT molecular complexity index is 590. The molecular weight excluding hydrogens is 313 g/mol. The quantitative estimate of drug-likeness (QED) is 0.242. The van der Waals surface area contributed by atoms with E-state index in [9.17, 15) is 22.6 Å². The van der Waals surface area contributed by atoms with Crippen molar-refractivity contribution in [2.45, 2.75) is 25.9 Å². The number of carbonyl (C=O) groups excluding carboxylic acids is 2. The van der Waals surface area contributed by atoms with Crippen LogP contribution in [0.15, 0.2) is 11.6 Å². The van der Waals surface area contributed by atoms with Gasteiger partial charge in [-0.05, 0) is 11.5 Å². The van der Waals surface area contributed by atoms with E-state index in [4.69, 9.17) is 5.73 Å². The summed E-state index contributed by atoms with van der Waals surface area (Å²) in [6, 6.07) is -2.56. The van der Waals surface area contributed by atoms with Crippen molar-refractivity contribution in [3.05, 3.63) is 11.6 Å². The predicted octanol–water partition coefficient (Wildman–Crippen LogP) is -4.06. The molecule has 2 bridgehead atoms. The van der Waals surface area contributed by atoms with E-state index in [-0.39, 0.29) is 42.0 Å². The standard InChI is InChI=1S/C10H15N3O6S.Na/c1-5(2)7-3-6-4-12(8(7)9(11)14)10(15)13(6)19-20(16,17)18;/h3,5-6,8H,4H2,1-2H3,(H2,11,14)(H,16,17,18);/q;+1/p-1/t6-,8-;/m0./s1. The number of primary amides is 1. The van der Waals surface area contributed by atoms with Gasteiger partial charge in [-0.25, -0.2) is 13.2 Å². The minimum absolute atomic E-state index is 0. The Balaban J connectivity index is 0.00000220. The van der Waals surface area contributed by atoms with Crippen LogP contribution >= 0.6 is 0 Å². The fourth-order valence-corrected chi connectivity index (χ4v) is 2.83. The van der Waals surface area contributed by atoms with E-state index in [1.807, 2.05) is 13.8 Å². The summed E-state index contributed by atoms with van der Waals surface area (Å²) in [7, 11) is -5.07. The monoisotopic (exact) mass is 327 g/mol. The van der Waals surface area contributed by atoms with Gasteiger partial charge in [0.2, 0.25) is 16.3 Å². The second-order valence-corrected chi connectivity index (χ2v) is 5.90. The Kier molecular flexibility index (Phi) is 5.45. The number of hydroxylamine groups is 2. The maximum absolute atomic E-state index is 12.0. The minimum Gasteiger partial charge on any atom is -0.724 e. The van der Waals surface area contributed by atoms with Gasteiger partial charge in [-0.1, -0.05) is 19.9 Å². The Labute approximate surface area is 144 Å². The Morgan fingerprint density at radius 1 is 1.52 bits per heavy atom. The van der Waals surface area contributed by atoms with E-state index in [1.54, 1.807) is 6.08 Å². The Morgan fingerprint density at radius 3 is 2.52 bits per heavy atom. The summed E-state index contributed by atoms with van der Waals surface area (Å²) < 4.78 is 36.1. The molecule has 0 aromatic heterocycles. The molecule has 1 fully saturated rings. The molecule has 0 saturated carbocycles. The molecule has 0 aromatic carbocycles. The van der Waals surface area contributed by atoms with Crippen LogP contribution in [0.2, 0.25) is 0 Å². The van der Waals surface area contributed by atoms with Crippen molar-refractivity contribution < 1.29 is 56.4 Å². The molecule has 2 aliphatic heterocycles. The summed E-state index contributed by atoms with van der Waals surface area (Å²) in [6.45, 7) is 3.67. The first-order valence-electron chi connectivity index (χ1n) is 5.88. The van der Waals surface area contributed by atoms with Gasteiger partial charge in [0.1, 0.15) is 6.04 Å². The van der Waals surface area contributed by atoms with Crippen molar-refractivity contribution in [3.63, 3.8) is 0 Å². The van der Waals surface area contributed by atoms with Crippen molar-refractivity contribution in [3.8, 4) is 0 Å². The number of amides is 3. The summed E-state index contributed by atoms with van der Waals surface area (Å²) in [5.74, 6) is -0.794. The van der Waals surface area contributed by atoms with E-state index in [0.717, 1.165) is 4.90 Å². The zero-order valence-electron chi connectivity index (χ0n) is 11.8. The molecule has 0 spiro atoms. The maximum Gasteiger partial charge on any atom is 1.00 e. The van der Waals surface area contributed by atoms with Gasteiger partial charge in [0, 0.05) is 0 Å². The molecule has 0 aliphatic carbocycles. The second kappa shape index (κ2) is 6.23. The topological polar surface area (TPSA) is 133 Å². The average Bonchev–Trinajstić information content (AvgIpc) is 2.52. The van der Waals surface area contributed by atoms with E-state index in [2.05, 4.69) is 4.28 Å². The van der Waals surface area contributed by atoms with Gasteiger partial charge in [-0.2, -0.15) is 9.35 Å². The van der Waals surface area contributed by atoms with Gasteiger partial charge in [0.25, 0.3) is 0 Å². The molecule has 2 atom stereocenters. The van der Waals surface area contributed by atoms with E-state index in [0.29, 0.717) is 10.6 Å². The van der Waals surface area contributed by atoms with Crippen molar-refractivity contribution in [2.75, 3.05) is 6.54 Å². The molecule has 112 valence electrons. The molecule has 9 nitrogen and oxygen atoms in total. The molecule has 3 amide bonds. The molecule has 2 heterocycles. The maximum atomic E-state index is 12.0. The molecular formula is C10H14N3NaO6S. The molecule has 2 rings (SSSR count). The number of carbonyl (C=O) groups is 2. The summed E-state index contributed by atoms with van der Waals surface area (Å²) >= 11 is 0. The van der Waals surface area contributed by atoms with Crippen molar-refractivity contribution in [2.24, 2.45) is 11.7 Å². The van der Waals surface area contributed by atoms with Crippen LogP contribution in [0.25, 0.3) is 0 Å². The Hall–Kier alpha value is -0.650. The first-order valence-corrected chi connectivity index (χ1v) is 7.21. The zero-order chi connectivity index (χ0) is 15.2. The van der Waals surface area contributed by atoms with Crippen LogP contribution in [0.3, 0.4) is 0 Å². The molecule has 0 aromatic rings. The summed E-state index contributed by atoms with van der Waals surface area (Å²) in [5, 5.41) is 0.466. The third-order valence-electron chi connectivity index (χ3n) is 3.24. The zero-order valence-corrected chi connectivity index (χ0v) is 14.7. The normalized spacial score (nSPS) is 25.0. The fourth-order valence-electron chi connectivity index (χ4n) is 2.46. The van der Waals surface area contributed by atoms with Gasteiger partial charge >= 0.3 is 35.6 Å². The molecule has 11 heteroatoms. The number of fused-ring (bicyclic) bond motifs is 2. The third-order valence-corrected chi connectivity index (χ3v) is 3.58. The van der Waals surface area contributed by atoms with Crippen LogP contribution in [0, 0.1) is 5.92 Å². The average molecular weight is 327 g/mol. The van der Waals surface area contributed by atoms with Crippen molar-refractivity contribution >= 4 is 22.3 Å². The van der Waals surface area contributed by atoms with E-state index >= 15 is 0 Å².